The van der Waals surface area contributed by atoms with Crippen molar-refractivity contribution in [2.24, 2.45) is 0 Å². The zero-order valence-corrected chi connectivity index (χ0v) is 13.4. The maximum Gasteiger partial charge on any atom is 0.586 e. The van der Waals surface area contributed by atoms with Crippen LogP contribution in [0.25, 0.3) is 0 Å². The third kappa shape index (κ3) is 2.96. The Morgan fingerprint density at radius 3 is 2.77 bits per heavy atom. The summed E-state index contributed by atoms with van der Waals surface area (Å²) >= 11 is 0. The Kier molecular flexibility index (Phi) is 3.78. The highest BCUT2D eigenvalue weighted by atomic mass is 19.3. The van der Waals surface area contributed by atoms with Crippen LogP contribution in [0.3, 0.4) is 0 Å². The molecule has 1 atom stereocenters. The lowest BCUT2D eigenvalue weighted by atomic mass is 10.2. The number of likely N-dealkylation sites (tertiary alicyclic amines) is 1. The molecule has 1 fully saturated rings. The first-order chi connectivity index (χ1) is 12.4. The molecule has 136 valence electrons. The van der Waals surface area contributed by atoms with Crippen molar-refractivity contribution in [2.75, 3.05) is 11.9 Å². The number of nitrogens with one attached hydrogen (secondary N) is 1. The zero-order valence-electron chi connectivity index (χ0n) is 13.4. The van der Waals surface area contributed by atoms with Gasteiger partial charge in [-0.1, -0.05) is 0 Å². The second-order valence-corrected chi connectivity index (χ2v) is 5.95. The van der Waals surface area contributed by atoms with Crippen LogP contribution in [-0.4, -0.2) is 35.6 Å². The van der Waals surface area contributed by atoms with Gasteiger partial charge in [-0.15, -0.1) is 8.78 Å². The number of carbonyl (C=O) groups is 2. The number of benzene rings is 1. The molecule has 7 nitrogen and oxygen atoms in total. The summed E-state index contributed by atoms with van der Waals surface area (Å²) in [7, 11) is 0. The first-order valence-corrected chi connectivity index (χ1v) is 7.98. The molecule has 26 heavy (non-hydrogen) atoms. The minimum Gasteiger partial charge on any atom is -0.459 e. The van der Waals surface area contributed by atoms with Crippen LogP contribution in [-0.2, 0) is 4.79 Å². The highest BCUT2D eigenvalue weighted by molar-refractivity contribution is 6.00. The van der Waals surface area contributed by atoms with E-state index in [1.807, 2.05) is 0 Å². The zero-order chi connectivity index (χ0) is 18.3. The van der Waals surface area contributed by atoms with Crippen LogP contribution in [0.1, 0.15) is 23.4 Å². The standard InChI is InChI=1S/C17H14F2N2O5/c18-17(19)25-12-6-5-10(9-14(12)26-17)20-15(22)11-3-1-7-21(11)16(23)13-4-2-8-24-13/h2,4-6,8-9,11H,1,3,7H2,(H,20,22)/t11-/m0/s1. The van der Waals surface area contributed by atoms with Crippen molar-refractivity contribution < 1.29 is 32.3 Å². The molecular formula is C17H14F2N2O5. The molecule has 0 unspecified atom stereocenters. The Balaban J connectivity index is 1.47. The summed E-state index contributed by atoms with van der Waals surface area (Å²) in [5.74, 6) is -0.882. The number of amides is 2. The van der Waals surface area contributed by atoms with E-state index in [0.717, 1.165) is 0 Å². The summed E-state index contributed by atoms with van der Waals surface area (Å²) in [6, 6.07) is 6.43. The largest absolute Gasteiger partial charge is 0.586 e. The smallest absolute Gasteiger partial charge is 0.459 e. The number of carbonyl (C=O) groups excluding carboxylic acids is 2. The monoisotopic (exact) mass is 364 g/mol. The van der Waals surface area contributed by atoms with Gasteiger partial charge in [-0.05, 0) is 37.1 Å². The number of anilines is 1. The first kappa shape index (κ1) is 16.4. The Labute approximate surface area is 146 Å². The van der Waals surface area contributed by atoms with Crippen LogP contribution in [0.15, 0.2) is 41.0 Å². The van der Waals surface area contributed by atoms with Gasteiger partial charge in [0.2, 0.25) is 5.91 Å². The third-order valence-electron chi connectivity index (χ3n) is 4.22. The number of halogens is 2. The summed E-state index contributed by atoms with van der Waals surface area (Å²) in [4.78, 5) is 26.4. The average molecular weight is 364 g/mol. The van der Waals surface area contributed by atoms with Crippen molar-refractivity contribution in [1.29, 1.82) is 0 Å². The van der Waals surface area contributed by atoms with Crippen molar-refractivity contribution in [3.63, 3.8) is 0 Å². The van der Waals surface area contributed by atoms with E-state index in [1.54, 1.807) is 6.07 Å². The predicted molar refractivity (Wildman–Crippen MR) is 84.0 cm³/mol. The van der Waals surface area contributed by atoms with E-state index < -0.39 is 18.2 Å². The van der Waals surface area contributed by atoms with Crippen molar-refractivity contribution in [1.82, 2.24) is 4.90 Å². The van der Waals surface area contributed by atoms with Crippen LogP contribution in [0.2, 0.25) is 0 Å². The molecule has 2 aromatic rings. The number of hydrogen-bond donors (Lipinski definition) is 1. The molecule has 2 aliphatic heterocycles. The maximum atomic E-state index is 13.1. The van der Waals surface area contributed by atoms with Crippen LogP contribution in [0.4, 0.5) is 14.5 Å². The van der Waals surface area contributed by atoms with Crippen molar-refractivity contribution >= 4 is 17.5 Å². The van der Waals surface area contributed by atoms with Crippen molar-refractivity contribution in [3.8, 4) is 11.5 Å². The molecular weight excluding hydrogens is 350 g/mol. The molecule has 1 N–H and O–H groups in total. The lowest BCUT2D eigenvalue weighted by Gasteiger charge is -2.23. The van der Waals surface area contributed by atoms with Gasteiger partial charge in [0.15, 0.2) is 17.3 Å². The van der Waals surface area contributed by atoms with Gasteiger partial charge >= 0.3 is 6.29 Å². The molecule has 0 bridgehead atoms. The van der Waals surface area contributed by atoms with E-state index in [1.165, 1.54) is 35.4 Å². The van der Waals surface area contributed by atoms with Crippen LogP contribution in [0.5, 0.6) is 11.5 Å². The SMILES string of the molecule is O=C(Nc1ccc2c(c1)OC(F)(F)O2)[C@@H]1CCCN1C(=O)c1ccco1. The molecule has 3 heterocycles. The fraction of sp³-hybridized carbons (Fsp3) is 0.294. The van der Waals surface area contributed by atoms with Crippen molar-refractivity contribution in [3.05, 3.63) is 42.4 Å². The minimum absolute atomic E-state index is 0.108. The summed E-state index contributed by atoms with van der Waals surface area (Å²) in [5.41, 5.74) is 0.271. The topological polar surface area (TPSA) is 81.0 Å². The van der Waals surface area contributed by atoms with Gasteiger partial charge in [0.1, 0.15) is 6.04 Å². The van der Waals surface area contributed by atoms with Gasteiger partial charge in [-0.2, -0.15) is 0 Å². The van der Waals surface area contributed by atoms with E-state index >= 15 is 0 Å². The summed E-state index contributed by atoms with van der Waals surface area (Å²) in [6.45, 7) is 0.435. The molecule has 2 aliphatic rings. The maximum absolute atomic E-state index is 13.1. The fourth-order valence-electron chi connectivity index (χ4n) is 3.08. The second kappa shape index (κ2) is 6.01. The highest BCUT2D eigenvalue weighted by Gasteiger charge is 2.43. The van der Waals surface area contributed by atoms with Gasteiger partial charge in [0.25, 0.3) is 5.91 Å². The number of ether oxygens (including phenoxy) is 2. The highest BCUT2D eigenvalue weighted by Crippen LogP contribution is 2.42. The number of hydrogen-bond acceptors (Lipinski definition) is 5. The van der Waals surface area contributed by atoms with Gasteiger partial charge in [0.05, 0.1) is 6.26 Å². The Morgan fingerprint density at radius 2 is 2.00 bits per heavy atom. The first-order valence-electron chi connectivity index (χ1n) is 7.98. The molecule has 1 saturated heterocycles. The Hall–Kier alpha value is -3.10. The van der Waals surface area contributed by atoms with E-state index in [9.17, 15) is 18.4 Å². The van der Waals surface area contributed by atoms with E-state index in [-0.39, 0.29) is 28.9 Å². The number of rotatable bonds is 3. The molecule has 0 spiro atoms. The molecule has 0 radical (unpaired) electrons. The normalized spacial score (nSPS) is 20.2. The quantitative estimate of drug-likeness (QED) is 0.906. The van der Waals surface area contributed by atoms with Gasteiger partial charge in [-0.3, -0.25) is 9.59 Å². The van der Waals surface area contributed by atoms with Gasteiger partial charge in [-0.25, -0.2) is 0 Å². The molecule has 1 aromatic carbocycles. The third-order valence-corrected chi connectivity index (χ3v) is 4.22. The van der Waals surface area contributed by atoms with Crippen LogP contribution >= 0.6 is 0 Å². The molecule has 9 heteroatoms. The summed E-state index contributed by atoms with van der Waals surface area (Å²) < 4.78 is 39.9. The number of nitrogens with zero attached hydrogens (tertiary/aromatic N) is 1. The number of fused-ring (bicyclic) bond motifs is 1. The lowest BCUT2D eigenvalue weighted by Crippen LogP contribution is -2.43. The van der Waals surface area contributed by atoms with Gasteiger partial charge < -0.3 is 24.1 Å². The molecule has 0 aliphatic carbocycles. The van der Waals surface area contributed by atoms with Crippen LogP contribution in [0, 0.1) is 0 Å². The number of furan rings is 1. The predicted octanol–water partition coefficient (Wildman–Crippen LogP) is 2.84. The summed E-state index contributed by atoms with van der Waals surface area (Å²) in [6.07, 6.45) is -1.15. The summed E-state index contributed by atoms with van der Waals surface area (Å²) in [5, 5.41) is 2.63. The molecule has 2 amide bonds. The molecule has 1 aromatic heterocycles. The lowest BCUT2D eigenvalue weighted by molar-refractivity contribution is -0.286. The van der Waals surface area contributed by atoms with E-state index in [0.29, 0.717) is 19.4 Å². The molecule has 0 saturated carbocycles. The fourth-order valence-corrected chi connectivity index (χ4v) is 3.08. The Bertz CT molecular complexity index is 853. The second-order valence-electron chi connectivity index (χ2n) is 5.95. The molecule has 4 rings (SSSR count). The van der Waals surface area contributed by atoms with E-state index in [2.05, 4.69) is 14.8 Å². The van der Waals surface area contributed by atoms with Gasteiger partial charge in [0, 0.05) is 18.3 Å². The Morgan fingerprint density at radius 1 is 1.19 bits per heavy atom. The van der Waals surface area contributed by atoms with Crippen LogP contribution < -0.4 is 14.8 Å². The average Bonchev–Trinajstić information content (AvgIpc) is 3.32. The van der Waals surface area contributed by atoms with Crippen molar-refractivity contribution in [2.45, 2.75) is 25.2 Å². The van der Waals surface area contributed by atoms with E-state index in [4.69, 9.17) is 4.42 Å². The minimum atomic E-state index is -3.72. The number of alkyl halides is 2.